The maximum atomic E-state index is 6.56. The van der Waals surface area contributed by atoms with Gasteiger partial charge in [0, 0.05) is 17.0 Å². The number of unbranched alkanes of at least 4 members (excludes halogenated alkanes) is 12. The molecule has 5 aromatic carbocycles. The summed E-state index contributed by atoms with van der Waals surface area (Å²) in [7, 11) is -0.698. The van der Waals surface area contributed by atoms with Gasteiger partial charge in [0.05, 0.1) is 22.4 Å². The molecule has 414 valence electrons. The van der Waals surface area contributed by atoms with Crippen molar-refractivity contribution in [2.24, 2.45) is 0 Å². The van der Waals surface area contributed by atoms with E-state index in [2.05, 4.69) is 238 Å². The first-order chi connectivity index (χ1) is 36.1. The maximum absolute atomic E-state index is 6.56. The molecule has 0 unspecified atom stereocenters. The fourth-order valence-electron chi connectivity index (χ4n) is 9.84. The van der Waals surface area contributed by atoms with Gasteiger partial charge in [-0.3, -0.25) is 0 Å². The lowest BCUT2D eigenvalue weighted by atomic mass is 9.67. The number of hydrogen-bond acceptors (Lipinski definition) is 4. The Hall–Kier alpha value is -1.76. The molecule has 0 N–H and O–H groups in total. The second kappa shape index (κ2) is 31.5. The molecule has 4 nitrogen and oxygen atoms in total. The van der Waals surface area contributed by atoms with Crippen molar-refractivity contribution < 1.29 is 18.6 Å². The average Bonchev–Trinajstić information content (AvgIpc) is 3.76. The van der Waals surface area contributed by atoms with Crippen LogP contribution in [-0.4, -0.2) is 36.6 Å². The quantitative estimate of drug-likeness (QED) is 0.0350. The Bertz CT molecular complexity index is 2300. The lowest BCUT2D eigenvalue weighted by Crippen LogP contribution is -2.43. The summed E-state index contributed by atoms with van der Waals surface area (Å²) in [6.07, 6.45) is 24.5. The number of hydrogen-bond donors (Lipinski definition) is 0. The minimum Gasteiger partial charge on any atom is -0.399 e. The monoisotopic (exact) mass is 1330 g/mol. The standard InChI is InChI=1S/C30H52B2O4.C30H36Br2.C6H4BrI/c1-11-13-15-17-19-23-21-26(32-35-29(7,8)30(9,10)36-32)24(20-18-16-14-12-2)22-25(23)31-33-27(3,4)28(5,6)34-31;1-3-5-7-9-11-25-21-30(24-15-19-28(32)20-16-24)26(12-10-8-6-4-2)22-29(25)23-13-17-27(31)18-14-23;7-5-1-3-6(8)4-2-5/h21-22H,11-20H2,1-10H3;13-22H,3-12H2,1-2H3;1-4H. The summed E-state index contributed by atoms with van der Waals surface area (Å²) in [5.74, 6) is 0. The highest BCUT2D eigenvalue weighted by Crippen LogP contribution is 2.40. The molecule has 0 aliphatic carbocycles. The third kappa shape index (κ3) is 19.2. The van der Waals surface area contributed by atoms with Gasteiger partial charge in [0.2, 0.25) is 0 Å². The SMILES string of the molecule is Brc1ccc(I)cc1.CCCCCCc1cc(-c2ccc(Br)cc2)c(CCCCCC)cc1-c1ccc(Br)cc1.CCCCCCc1cc(B2OC(C)(C)C(C)(C)O2)c(CCCCCC)cc1B1OC(C)(C)C(C)(C)O1. The average molecular weight is 1340 g/mol. The van der Waals surface area contributed by atoms with Gasteiger partial charge in [0.1, 0.15) is 0 Å². The van der Waals surface area contributed by atoms with Crippen molar-refractivity contribution in [1.82, 2.24) is 0 Å². The van der Waals surface area contributed by atoms with Gasteiger partial charge in [-0.05, 0) is 233 Å². The van der Waals surface area contributed by atoms with Crippen molar-refractivity contribution >= 4 is 95.5 Å². The van der Waals surface area contributed by atoms with Crippen LogP contribution in [0.2, 0.25) is 0 Å². The molecule has 0 aromatic heterocycles. The first-order valence-electron chi connectivity index (χ1n) is 29.1. The van der Waals surface area contributed by atoms with E-state index in [4.69, 9.17) is 18.6 Å². The Morgan fingerprint density at radius 3 is 0.882 bits per heavy atom. The van der Waals surface area contributed by atoms with Gasteiger partial charge in [-0.25, -0.2) is 0 Å². The number of halogens is 4. The molecule has 10 heteroatoms. The van der Waals surface area contributed by atoms with E-state index >= 15 is 0 Å². The van der Waals surface area contributed by atoms with Gasteiger partial charge in [-0.1, -0.05) is 201 Å². The summed E-state index contributed by atoms with van der Waals surface area (Å²) in [6.45, 7) is 26.2. The molecule has 0 atom stereocenters. The molecule has 2 heterocycles. The Balaban J connectivity index is 0.000000245. The third-order valence-electron chi connectivity index (χ3n) is 16.1. The predicted octanol–water partition coefficient (Wildman–Crippen LogP) is 20.4. The van der Waals surface area contributed by atoms with Crippen LogP contribution in [0.4, 0.5) is 0 Å². The van der Waals surface area contributed by atoms with E-state index in [1.54, 1.807) is 0 Å². The molecule has 5 aromatic rings. The van der Waals surface area contributed by atoms with Gasteiger partial charge in [0.15, 0.2) is 0 Å². The lowest BCUT2D eigenvalue weighted by Gasteiger charge is -2.32. The Morgan fingerprint density at radius 1 is 0.355 bits per heavy atom. The van der Waals surface area contributed by atoms with Gasteiger partial charge < -0.3 is 18.6 Å². The first-order valence-corrected chi connectivity index (χ1v) is 32.6. The minimum atomic E-state index is -0.358. The van der Waals surface area contributed by atoms with Crippen LogP contribution in [0.3, 0.4) is 0 Å². The molecule has 2 saturated heterocycles. The summed E-state index contributed by atoms with van der Waals surface area (Å²) < 4.78 is 30.9. The molecule has 0 saturated carbocycles. The summed E-state index contributed by atoms with van der Waals surface area (Å²) in [5, 5.41) is 0. The number of benzene rings is 5. The van der Waals surface area contributed by atoms with Crippen molar-refractivity contribution in [3.63, 3.8) is 0 Å². The zero-order valence-electron chi connectivity index (χ0n) is 48.7. The van der Waals surface area contributed by atoms with Crippen LogP contribution in [0.5, 0.6) is 0 Å². The lowest BCUT2D eigenvalue weighted by molar-refractivity contribution is 0.00578. The molecule has 2 aliphatic rings. The van der Waals surface area contributed by atoms with E-state index in [-0.39, 0.29) is 36.6 Å². The van der Waals surface area contributed by atoms with Crippen LogP contribution in [0.1, 0.15) is 208 Å². The first kappa shape index (κ1) is 65.1. The zero-order chi connectivity index (χ0) is 55.5. The smallest absolute Gasteiger partial charge is 0.399 e. The fourth-order valence-corrected chi connectivity index (χ4v) is 11.0. The van der Waals surface area contributed by atoms with E-state index < -0.39 is 0 Å². The van der Waals surface area contributed by atoms with Gasteiger partial charge in [-0.2, -0.15) is 0 Å². The highest BCUT2D eigenvalue weighted by Gasteiger charge is 2.54. The molecule has 0 amide bonds. The molecular formula is C66H92B2Br3IO4. The summed E-state index contributed by atoms with van der Waals surface area (Å²) >= 11 is 12.8. The van der Waals surface area contributed by atoms with Crippen molar-refractivity contribution in [1.29, 1.82) is 0 Å². The zero-order valence-corrected chi connectivity index (χ0v) is 55.6. The van der Waals surface area contributed by atoms with E-state index in [1.807, 2.05) is 12.1 Å². The molecule has 2 aliphatic heterocycles. The molecule has 0 spiro atoms. The highest BCUT2D eigenvalue weighted by molar-refractivity contribution is 14.1. The van der Waals surface area contributed by atoms with E-state index in [9.17, 15) is 0 Å². The largest absolute Gasteiger partial charge is 0.495 e. The van der Waals surface area contributed by atoms with E-state index in [0.29, 0.717) is 0 Å². The summed E-state index contributed by atoms with van der Waals surface area (Å²) in [6, 6.07) is 35.6. The molecule has 0 radical (unpaired) electrons. The molecule has 7 rings (SSSR count). The van der Waals surface area contributed by atoms with E-state index in [0.717, 1.165) is 39.1 Å². The van der Waals surface area contributed by atoms with Crippen molar-refractivity contribution in [3.05, 3.63) is 136 Å². The van der Waals surface area contributed by atoms with Crippen LogP contribution in [0, 0.1) is 3.57 Å². The van der Waals surface area contributed by atoms with Crippen LogP contribution in [0.15, 0.2) is 110 Å². The predicted molar refractivity (Wildman–Crippen MR) is 349 cm³/mol. The highest BCUT2D eigenvalue weighted by atomic mass is 127. The Kier molecular flexibility index (Phi) is 26.9. The summed E-state index contributed by atoms with van der Waals surface area (Å²) in [4.78, 5) is 0. The van der Waals surface area contributed by atoms with Crippen LogP contribution in [-0.2, 0) is 44.3 Å². The Morgan fingerprint density at radius 2 is 0.618 bits per heavy atom. The summed E-state index contributed by atoms with van der Waals surface area (Å²) in [5.41, 5.74) is 12.0. The molecular weight excluding hydrogens is 1240 g/mol. The number of aryl methyl sites for hydroxylation is 4. The second-order valence-electron chi connectivity index (χ2n) is 23.3. The maximum Gasteiger partial charge on any atom is 0.495 e. The normalized spacial score (nSPS) is 16.1. The van der Waals surface area contributed by atoms with Crippen molar-refractivity contribution in [2.45, 2.75) is 234 Å². The van der Waals surface area contributed by atoms with Crippen LogP contribution >= 0.6 is 70.4 Å². The molecule has 2 fully saturated rings. The van der Waals surface area contributed by atoms with Gasteiger partial charge in [-0.15, -0.1) is 0 Å². The van der Waals surface area contributed by atoms with Crippen molar-refractivity contribution in [3.8, 4) is 22.3 Å². The molecule has 0 bridgehead atoms. The van der Waals surface area contributed by atoms with Crippen molar-refractivity contribution in [2.75, 3.05) is 0 Å². The van der Waals surface area contributed by atoms with E-state index in [1.165, 1.54) is 162 Å². The fraction of sp³-hybridized carbons (Fsp3) is 0.545. The van der Waals surface area contributed by atoms with Crippen LogP contribution < -0.4 is 10.9 Å². The topological polar surface area (TPSA) is 36.9 Å². The van der Waals surface area contributed by atoms with Gasteiger partial charge >= 0.3 is 14.2 Å². The van der Waals surface area contributed by atoms with Gasteiger partial charge in [0.25, 0.3) is 0 Å². The Labute approximate surface area is 502 Å². The molecule has 76 heavy (non-hydrogen) atoms. The number of rotatable bonds is 24. The van der Waals surface area contributed by atoms with Crippen LogP contribution in [0.25, 0.3) is 22.3 Å². The second-order valence-corrected chi connectivity index (χ2v) is 27.3. The minimum absolute atomic E-state index is 0.349. The third-order valence-corrected chi connectivity index (χ3v) is 18.4.